The van der Waals surface area contributed by atoms with Crippen molar-refractivity contribution < 1.29 is 4.39 Å². The first kappa shape index (κ1) is 27.6. The van der Waals surface area contributed by atoms with E-state index in [1.807, 2.05) is 36.4 Å². The summed E-state index contributed by atoms with van der Waals surface area (Å²) in [6, 6.07) is 16.2. The van der Waals surface area contributed by atoms with Crippen LogP contribution in [0.3, 0.4) is 0 Å². The Balaban J connectivity index is 0.000000258. The van der Waals surface area contributed by atoms with Gasteiger partial charge >= 0.3 is 0 Å². The van der Waals surface area contributed by atoms with Crippen LogP contribution in [-0.2, 0) is 13.1 Å². The molecule has 32 heavy (non-hydrogen) atoms. The quantitative estimate of drug-likeness (QED) is 0.315. The summed E-state index contributed by atoms with van der Waals surface area (Å²) >= 11 is 6.73. The third kappa shape index (κ3) is 11.8. The van der Waals surface area contributed by atoms with E-state index in [9.17, 15) is 4.39 Å². The summed E-state index contributed by atoms with van der Waals surface area (Å²) in [4.78, 5) is 14.8. The molecule has 0 spiro atoms. The molecule has 3 N–H and O–H groups in total. The van der Waals surface area contributed by atoms with Gasteiger partial charge in [-0.3, -0.25) is 9.97 Å². The first-order chi connectivity index (χ1) is 15.1. The lowest BCUT2D eigenvalue weighted by molar-refractivity contribution is 0.576. The molecule has 0 aliphatic heterocycles. The summed E-state index contributed by atoms with van der Waals surface area (Å²) < 4.78 is 13.9. The average Bonchev–Trinajstić information content (AvgIpc) is 2.81. The van der Waals surface area contributed by atoms with E-state index in [0.29, 0.717) is 6.54 Å². The van der Waals surface area contributed by atoms with Crippen LogP contribution < -0.4 is 11.1 Å². The lowest BCUT2D eigenvalue weighted by Crippen LogP contribution is -2.00. The molecule has 2 heterocycles. The number of aromatic nitrogens is 4. The number of nitrogens with two attached hydrogens (primary N) is 1. The molecule has 0 amide bonds. The van der Waals surface area contributed by atoms with E-state index >= 15 is 0 Å². The summed E-state index contributed by atoms with van der Waals surface area (Å²) in [7, 11) is 0. The molecule has 0 atom stereocenters. The van der Waals surface area contributed by atoms with Crippen molar-refractivity contribution in [3.8, 4) is 0 Å². The van der Waals surface area contributed by atoms with Crippen molar-refractivity contribution in [1.82, 2.24) is 19.9 Å². The molecule has 2 aromatic heterocycles. The van der Waals surface area contributed by atoms with E-state index in [2.05, 4.69) is 69.2 Å². The van der Waals surface area contributed by atoms with E-state index in [4.69, 9.17) is 5.73 Å². The highest BCUT2D eigenvalue weighted by Gasteiger charge is 1.94. The molecule has 0 aliphatic rings. The minimum atomic E-state index is -0.539. The van der Waals surface area contributed by atoms with Gasteiger partial charge in [-0.05, 0) is 35.4 Å². The third-order valence-electron chi connectivity index (χ3n) is 3.63. The first-order valence-electron chi connectivity index (χ1n) is 9.17. The van der Waals surface area contributed by atoms with Gasteiger partial charge in [0.1, 0.15) is 5.82 Å². The standard InChI is InChI=1S/C11H10BrN3.C7H8BrN.C4H3FN2.ClH/c12-10-3-1-9(2-4-10)7-15-11-8-13-5-6-14-11;8-7-3-1-6(5-9)2-4-7;5-4-3-6-1-2-7-4;/h1-6,8H,7H2,(H,14,15);1-4H,5,9H2;1-3H;1H. The van der Waals surface area contributed by atoms with Gasteiger partial charge in [-0.1, -0.05) is 56.1 Å². The van der Waals surface area contributed by atoms with Gasteiger partial charge in [0, 0.05) is 46.8 Å². The van der Waals surface area contributed by atoms with Crippen molar-refractivity contribution >= 4 is 50.1 Å². The Labute approximate surface area is 209 Å². The van der Waals surface area contributed by atoms with Crippen molar-refractivity contribution in [2.24, 2.45) is 5.73 Å². The SMILES string of the molecule is Brc1ccc(CNc2cnccn2)cc1.Cl.Fc1cnccn1.NCc1ccc(Br)cc1. The number of nitrogens with zero attached hydrogens (tertiary/aromatic N) is 4. The van der Waals surface area contributed by atoms with E-state index in [1.54, 1.807) is 18.6 Å². The first-order valence-corrected chi connectivity index (χ1v) is 10.8. The van der Waals surface area contributed by atoms with Gasteiger partial charge in [0.2, 0.25) is 5.95 Å². The van der Waals surface area contributed by atoms with E-state index in [0.717, 1.165) is 27.5 Å². The fraction of sp³-hybridized carbons (Fsp3) is 0.0909. The Bertz CT molecular complexity index is 994. The minimum absolute atomic E-state index is 0. The highest BCUT2D eigenvalue weighted by molar-refractivity contribution is 9.10. The molecule has 4 rings (SSSR count). The zero-order valence-corrected chi connectivity index (χ0v) is 20.9. The molecule has 10 heteroatoms. The molecular weight excluding hydrogens is 563 g/mol. The number of benzene rings is 2. The Morgan fingerprint density at radius 2 is 1.28 bits per heavy atom. The highest BCUT2D eigenvalue weighted by atomic mass is 79.9. The Hall–Kier alpha value is -2.46. The van der Waals surface area contributed by atoms with Crippen LogP contribution in [0.1, 0.15) is 11.1 Å². The van der Waals surface area contributed by atoms with Crippen molar-refractivity contribution in [1.29, 1.82) is 0 Å². The van der Waals surface area contributed by atoms with Gasteiger partial charge in [-0.2, -0.15) is 4.39 Å². The Morgan fingerprint density at radius 3 is 1.69 bits per heavy atom. The molecule has 0 fully saturated rings. The number of hydrogen-bond donors (Lipinski definition) is 2. The number of anilines is 1. The van der Waals surface area contributed by atoms with E-state index < -0.39 is 5.95 Å². The topological polar surface area (TPSA) is 89.6 Å². The predicted molar refractivity (Wildman–Crippen MR) is 135 cm³/mol. The van der Waals surface area contributed by atoms with Gasteiger partial charge in [-0.15, -0.1) is 12.4 Å². The molecule has 4 aromatic rings. The van der Waals surface area contributed by atoms with Crippen LogP contribution in [0.25, 0.3) is 0 Å². The zero-order chi connectivity index (χ0) is 22.3. The van der Waals surface area contributed by atoms with Gasteiger partial charge in [0.05, 0.1) is 12.4 Å². The van der Waals surface area contributed by atoms with Gasteiger partial charge < -0.3 is 11.1 Å². The number of rotatable bonds is 4. The number of hydrogen-bond acceptors (Lipinski definition) is 6. The second-order valence-corrected chi connectivity index (χ2v) is 7.76. The maximum atomic E-state index is 11.7. The van der Waals surface area contributed by atoms with Crippen LogP contribution in [0.15, 0.2) is 94.7 Å². The Kier molecular flexibility index (Phi) is 14.0. The van der Waals surface area contributed by atoms with Gasteiger partial charge in [-0.25, -0.2) is 9.97 Å². The fourth-order valence-corrected chi connectivity index (χ4v) is 2.62. The smallest absolute Gasteiger partial charge is 0.231 e. The summed E-state index contributed by atoms with van der Waals surface area (Å²) in [5, 5.41) is 3.19. The second-order valence-electron chi connectivity index (χ2n) is 5.93. The van der Waals surface area contributed by atoms with Crippen molar-refractivity contribution in [3.63, 3.8) is 0 Å². The van der Waals surface area contributed by atoms with Crippen molar-refractivity contribution in [3.05, 3.63) is 112 Å². The normalized spacial score (nSPS) is 9.25. The largest absolute Gasteiger partial charge is 0.365 e. The van der Waals surface area contributed by atoms with Crippen LogP contribution in [-0.4, -0.2) is 19.9 Å². The zero-order valence-electron chi connectivity index (χ0n) is 16.9. The molecule has 0 unspecified atom stereocenters. The second kappa shape index (κ2) is 16.2. The van der Waals surface area contributed by atoms with E-state index in [-0.39, 0.29) is 12.4 Å². The average molecular weight is 585 g/mol. The minimum Gasteiger partial charge on any atom is -0.365 e. The number of nitrogens with one attached hydrogen (secondary N) is 1. The molecule has 168 valence electrons. The molecule has 0 saturated carbocycles. The van der Waals surface area contributed by atoms with Crippen LogP contribution in [0.5, 0.6) is 0 Å². The fourth-order valence-electron chi connectivity index (χ4n) is 2.09. The monoisotopic (exact) mass is 582 g/mol. The van der Waals surface area contributed by atoms with Crippen molar-refractivity contribution in [2.75, 3.05) is 5.32 Å². The highest BCUT2D eigenvalue weighted by Crippen LogP contribution is 2.11. The maximum absolute atomic E-state index is 11.7. The van der Waals surface area contributed by atoms with Crippen LogP contribution in [0.4, 0.5) is 10.2 Å². The summed E-state index contributed by atoms with van der Waals surface area (Å²) in [6.45, 7) is 1.37. The molecule has 2 aromatic carbocycles. The molecule has 0 saturated heterocycles. The van der Waals surface area contributed by atoms with Crippen LogP contribution >= 0.6 is 44.3 Å². The van der Waals surface area contributed by atoms with E-state index in [1.165, 1.54) is 23.5 Å². The van der Waals surface area contributed by atoms with Crippen LogP contribution in [0.2, 0.25) is 0 Å². The van der Waals surface area contributed by atoms with Gasteiger partial charge in [0.15, 0.2) is 0 Å². The summed E-state index contributed by atoms with van der Waals surface area (Å²) in [6.07, 6.45) is 8.81. The van der Waals surface area contributed by atoms with Crippen molar-refractivity contribution in [2.45, 2.75) is 13.1 Å². The molecule has 0 bridgehead atoms. The summed E-state index contributed by atoms with van der Waals surface area (Å²) in [5.74, 6) is 0.253. The van der Waals surface area contributed by atoms with Gasteiger partial charge in [0.25, 0.3) is 0 Å². The third-order valence-corrected chi connectivity index (χ3v) is 4.69. The molecule has 0 aliphatic carbocycles. The maximum Gasteiger partial charge on any atom is 0.231 e. The molecule has 0 radical (unpaired) electrons. The number of halogens is 4. The lowest BCUT2D eigenvalue weighted by atomic mass is 10.2. The lowest BCUT2D eigenvalue weighted by Gasteiger charge is -2.04. The predicted octanol–water partition coefficient (Wildman–Crippen LogP) is 5.80. The Morgan fingerprint density at radius 1 is 0.750 bits per heavy atom. The molecular formula is C22H22Br2ClFN6. The molecule has 6 nitrogen and oxygen atoms in total. The van der Waals surface area contributed by atoms with Crippen LogP contribution in [0, 0.1) is 5.95 Å². The summed E-state index contributed by atoms with van der Waals surface area (Å²) in [5.41, 5.74) is 7.76.